The molecule has 37 heavy (non-hydrogen) atoms. The molecule has 3 aromatic rings. The molecular weight excluding hydrogens is 513 g/mol. The number of carbonyl (C=O) groups is 1. The molecule has 1 fully saturated rings. The first-order valence-corrected chi connectivity index (χ1v) is 13.1. The van der Waals surface area contributed by atoms with Gasteiger partial charge < -0.3 is 10.4 Å². The summed E-state index contributed by atoms with van der Waals surface area (Å²) in [6, 6.07) is 6.73. The number of pyridine rings is 1. The van der Waals surface area contributed by atoms with Crippen LogP contribution in [0.2, 0.25) is 0 Å². The van der Waals surface area contributed by atoms with Crippen molar-refractivity contribution in [3.05, 3.63) is 64.3 Å². The Morgan fingerprint density at radius 1 is 1.14 bits per heavy atom. The van der Waals surface area contributed by atoms with Crippen LogP contribution < -0.4 is 11.0 Å². The number of alkyl halides is 3. The topological polar surface area (TPSA) is 123 Å². The Balaban J connectivity index is 1.58. The second-order valence-corrected chi connectivity index (χ2v) is 10.9. The summed E-state index contributed by atoms with van der Waals surface area (Å²) in [7, 11) is -5.55. The number of benzene rings is 1. The molecule has 0 radical (unpaired) electrons. The number of carbonyl (C=O) groups excluding carboxylic acids is 1. The number of hydrogen-bond acceptors (Lipinski definition) is 6. The molecule has 9 nitrogen and oxygen atoms in total. The molecule has 4 rings (SSSR count). The van der Waals surface area contributed by atoms with E-state index in [9.17, 15) is 36.3 Å². The highest BCUT2D eigenvalue weighted by molar-refractivity contribution is 7.92. The van der Waals surface area contributed by atoms with Crippen molar-refractivity contribution < 1.29 is 31.5 Å². The van der Waals surface area contributed by atoms with Crippen molar-refractivity contribution in [3.63, 3.8) is 0 Å². The van der Waals surface area contributed by atoms with Crippen molar-refractivity contribution in [2.45, 2.75) is 56.0 Å². The molecule has 1 aliphatic carbocycles. The molecule has 0 saturated heterocycles. The molecule has 1 aromatic carbocycles. The van der Waals surface area contributed by atoms with Crippen LogP contribution in [-0.2, 0) is 21.2 Å². The molecule has 1 aliphatic rings. The number of aromatic nitrogens is 3. The van der Waals surface area contributed by atoms with Crippen LogP contribution in [0, 0.1) is 12.8 Å². The fourth-order valence-electron chi connectivity index (χ4n) is 4.38. The maximum atomic E-state index is 13.1. The van der Waals surface area contributed by atoms with Crippen molar-refractivity contribution in [1.82, 2.24) is 14.1 Å². The van der Waals surface area contributed by atoms with Gasteiger partial charge in [0.15, 0.2) is 0 Å². The van der Waals surface area contributed by atoms with Crippen LogP contribution in [0.3, 0.4) is 0 Å². The van der Waals surface area contributed by atoms with Gasteiger partial charge in [-0.2, -0.15) is 13.2 Å². The predicted molar refractivity (Wildman–Crippen MR) is 128 cm³/mol. The molecule has 0 unspecified atom stereocenters. The van der Waals surface area contributed by atoms with Gasteiger partial charge in [0.2, 0.25) is 11.8 Å². The van der Waals surface area contributed by atoms with E-state index in [-0.39, 0.29) is 29.8 Å². The SMILES string of the molecule is Cc1c(O)n(-c2ccc(S(=O)(=O)C(F)(F)F)cc2)c(=O)n1Cc1ccnc(NC(=O)C2CCCCC2)c1. The number of nitrogens with one attached hydrogen (secondary N) is 1. The molecule has 1 saturated carbocycles. The third-order valence-corrected chi connectivity index (χ3v) is 7.97. The average Bonchev–Trinajstić information content (AvgIpc) is 3.07. The summed E-state index contributed by atoms with van der Waals surface area (Å²) in [5.41, 5.74) is -5.37. The van der Waals surface area contributed by atoms with Gasteiger partial charge in [-0.3, -0.25) is 9.36 Å². The van der Waals surface area contributed by atoms with Gasteiger partial charge in [0.1, 0.15) is 5.82 Å². The smallest absolute Gasteiger partial charge is 0.493 e. The molecule has 0 aliphatic heterocycles. The van der Waals surface area contributed by atoms with Crippen molar-refractivity contribution in [2.75, 3.05) is 5.32 Å². The van der Waals surface area contributed by atoms with E-state index >= 15 is 0 Å². The number of aromatic hydroxyl groups is 1. The first kappa shape index (κ1) is 26.5. The van der Waals surface area contributed by atoms with Crippen LogP contribution in [0.5, 0.6) is 5.88 Å². The fourth-order valence-corrected chi connectivity index (χ4v) is 5.14. The molecule has 0 atom stereocenters. The summed E-state index contributed by atoms with van der Waals surface area (Å²) in [5.74, 6) is -0.273. The Bertz CT molecular complexity index is 1470. The number of anilines is 1. The number of amides is 1. The zero-order chi connectivity index (χ0) is 27.0. The van der Waals surface area contributed by atoms with Crippen LogP contribution in [-0.4, -0.2) is 39.1 Å². The van der Waals surface area contributed by atoms with E-state index in [1.807, 2.05) is 0 Å². The first-order valence-electron chi connectivity index (χ1n) is 11.6. The van der Waals surface area contributed by atoms with Gasteiger partial charge in [0, 0.05) is 12.1 Å². The number of rotatable bonds is 6. The predicted octanol–water partition coefficient (Wildman–Crippen LogP) is 3.91. The van der Waals surface area contributed by atoms with E-state index in [4.69, 9.17) is 0 Å². The molecule has 0 spiro atoms. The van der Waals surface area contributed by atoms with Crippen LogP contribution >= 0.6 is 0 Å². The third kappa shape index (κ3) is 5.26. The zero-order valence-corrected chi connectivity index (χ0v) is 20.6. The summed E-state index contributed by atoms with van der Waals surface area (Å²) >= 11 is 0. The second-order valence-electron chi connectivity index (χ2n) is 8.93. The Hall–Kier alpha value is -3.61. The van der Waals surface area contributed by atoms with Crippen molar-refractivity contribution >= 4 is 21.6 Å². The summed E-state index contributed by atoms with van der Waals surface area (Å²) < 4.78 is 63.8. The minimum absolute atomic E-state index is 0.0133. The maximum absolute atomic E-state index is 13.1. The normalized spacial score (nSPS) is 15.0. The number of sulfone groups is 1. The molecule has 13 heteroatoms. The minimum atomic E-state index is -5.55. The van der Waals surface area contributed by atoms with Crippen molar-refractivity contribution in [1.29, 1.82) is 0 Å². The number of imidazole rings is 1. The largest absolute Gasteiger partial charge is 0.501 e. The van der Waals surface area contributed by atoms with Gasteiger partial charge in [-0.15, -0.1) is 0 Å². The number of hydrogen-bond donors (Lipinski definition) is 2. The summed E-state index contributed by atoms with van der Waals surface area (Å²) in [6.45, 7) is 1.50. The minimum Gasteiger partial charge on any atom is -0.493 e. The van der Waals surface area contributed by atoms with E-state index in [2.05, 4.69) is 10.3 Å². The zero-order valence-electron chi connectivity index (χ0n) is 19.8. The average molecular weight is 539 g/mol. The molecular formula is C24H25F3N4O5S. The first-order chi connectivity index (χ1) is 17.4. The molecule has 1 amide bonds. The third-order valence-electron chi connectivity index (χ3n) is 6.46. The van der Waals surface area contributed by atoms with Gasteiger partial charge in [0.05, 0.1) is 22.8 Å². The molecule has 2 heterocycles. The van der Waals surface area contributed by atoms with E-state index < -0.39 is 31.8 Å². The Morgan fingerprint density at radius 2 is 1.78 bits per heavy atom. The lowest BCUT2D eigenvalue weighted by molar-refractivity contribution is -0.120. The molecule has 2 N–H and O–H groups in total. The van der Waals surface area contributed by atoms with Gasteiger partial charge >= 0.3 is 11.2 Å². The Kier molecular flexibility index (Phi) is 7.18. The maximum Gasteiger partial charge on any atom is 0.501 e. The highest BCUT2D eigenvalue weighted by Crippen LogP contribution is 2.31. The number of halogens is 3. The molecule has 0 bridgehead atoms. The van der Waals surface area contributed by atoms with Gasteiger partial charge in [-0.1, -0.05) is 19.3 Å². The van der Waals surface area contributed by atoms with E-state index in [0.29, 0.717) is 11.4 Å². The molecule has 2 aromatic heterocycles. The monoisotopic (exact) mass is 538 g/mol. The lowest BCUT2D eigenvalue weighted by Gasteiger charge is -2.20. The van der Waals surface area contributed by atoms with Crippen LogP contribution in [0.25, 0.3) is 5.69 Å². The Labute approximate surface area is 210 Å². The lowest BCUT2D eigenvalue weighted by Crippen LogP contribution is -2.26. The lowest BCUT2D eigenvalue weighted by atomic mass is 9.89. The Morgan fingerprint density at radius 3 is 2.41 bits per heavy atom. The van der Waals surface area contributed by atoms with Gasteiger partial charge in [-0.05, 0) is 61.7 Å². The quantitative estimate of drug-likeness (QED) is 0.491. The van der Waals surface area contributed by atoms with Crippen LogP contribution in [0.4, 0.5) is 19.0 Å². The van der Waals surface area contributed by atoms with Crippen molar-refractivity contribution in [2.24, 2.45) is 5.92 Å². The second kappa shape index (κ2) is 10.0. The van der Waals surface area contributed by atoms with Crippen molar-refractivity contribution in [3.8, 4) is 11.6 Å². The standard InChI is InChI=1S/C24H25F3N4O5S/c1-15-22(33)31(18-7-9-19(10-8-18)37(35,36)24(25,26)27)23(34)30(15)14-16-11-12-28-20(13-16)29-21(32)17-5-3-2-4-6-17/h7-13,17,33H,2-6,14H2,1H3,(H,28,29,32). The van der Waals surface area contributed by atoms with E-state index in [0.717, 1.165) is 60.9 Å². The highest BCUT2D eigenvalue weighted by Gasteiger charge is 2.46. The molecule has 198 valence electrons. The van der Waals surface area contributed by atoms with E-state index in [1.54, 1.807) is 12.1 Å². The highest BCUT2D eigenvalue weighted by atomic mass is 32.2. The summed E-state index contributed by atoms with van der Waals surface area (Å²) in [4.78, 5) is 28.8. The van der Waals surface area contributed by atoms with Crippen LogP contribution in [0.1, 0.15) is 43.4 Å². The van der Waals surface area contributed by atoms with Crippen LogP contribution in [0.15, 0.2) is 52.3 Å². The fraction of sp³-hybridized carbons (Fsp3) is 0.375. The summed E-state index contributed by atoms with van der Waals surface area (Å²) in [5, 5.41) is 13.4. The summed E-state index contributed by atoms with van der Waals surface area (Å²) in [6.07, 6.45) is 6.29. The number of nitrogens with zero attached hydrogens (tertiary/aromatic N) is 3. The van der Waals surface area contributed by atoms with Gasteiger partial charge in [-0.25, -0.2) is 22.8 Å². The van der Waals surface area contributed by atoms with E-state index in [1.165, 1.54) is 17.7 Å². The van der Waals surface area contributed by atoms with Gasteiger partial charge in [0.25, 0.3) is 9.84 Å².